The third-order valence-electron chi connectivity index (χ3n) is 3.57. The Morgan fingerprint density at radius 3 is 2.57 bits per heavy atom. The lowest BCUT2D eigenvalue weighted by molar-refractivity contribution is 0.626. The molecular formula is C16H17ClFN3. The first kappa shape index (κ1) is 15.3. The fourth-order valence-electron chi connectivity index (χ4n) is 2.26. The summed E-state index contributed by atoms with van der Waals surface area (Å²) in [5.41, 5.74) is 7.58. The van der Waals surface area contributed by atoms with E-state index in [0.29, 0.717) is 16.3 Å². The lowest BCUT2D eigenvalue weighted by Gasteiger charge is -2.29. The van der Waals surface area contributed by atoms with Crippen LogP contribution in [0.25, 0.3) is 0 Å². The Kier molecular flexibility index (Phi) is 4.48. The van der Waals surface area contributed by atoms with Crippen LogP contribution in [0.3, 0.4) is 0 Å². The summed E-state index contributed by atoms with van der Waals surface area (Å²) >= 11 is 6.22. The predicted molar refractivity (Wildman–Crippen MR) is 85.7 cm³/mol. The van der Waals surface area contributed by atoms with E-state index >= 15 is 0 Å². The first-order valence-corrected chi connectivity index (χ1v) is 6.91. The smallest absolute Gasteiger partial charge is 0.125 e. The number of benzene rings is 2. The van der Waals surface area contributed by atoms with E-state index in [1.54, 1.807) is 6.07 Å². The minimum atomic E-state index is -0.414. The Hall–Kier alpha value is -2.07. The third kappa shape index (κ3) is 3.16. The van der Waals surface area contributed by atoms with Crippen molar-refractivity contribution >= 4 is 23.1 Å². The number of hydrogen-bond acceptors (Lipinski definition) is 2. The minimum absolute atomic E-state index is 0.0396. The predicted octanol–water partition coefficient (Wildman–Crippen LogP) is 3.96. The second-order valence-electron chi connectivity index (χ2n) is 4.88. The van der Waals surface area contributed by atoms with Crippen molar-refractivity contribution in [2.24, 2.45) is 5.73 Å². The molecule has 110 valence electrons. The Morgan fingerprint density at radius 2 is 1.95 bits per heavy atom. The van der Waals surface area contributed by atoms with Crippen LogP contribution >= 0.6 is 11.6 Å². The summed E-state index contributed by atoms with van der Waals surface area (Å²) < 4.78 is 13.4. The Bertz CT molecular complexity index is 672. The zero-order chi connectivity index (χ0) is 15.6. The SMILES string of the molecule is CC(c1ccccc1Cl)N(C)c1ccc(F)cc1C(=N)N. The molecule has 3 nitrogen and oxygen atoms in total. The van der Waals surface area contributed by atoms with Gasteiger partial charge in [0.25, 0.3) is 0 Å². The molecule has 0 spiro atoms. The van der Waals surface area contributed by atoms with E-state index in [0.717, 1.165) is 5.56 Å². The normalized spacial score (nSPS) is 12.0. The van der Waals surface area contributed by atoms with E-state index in [9.17, 15) is 4.39 Å². The molecular weight excluding hydrogens is 289 g/mol. The maximum Gasteiger partial charge on any atom is 0.125 e. The zero-order valence-electron chi connectivity index (χ0n) is 11.9. The average Bonchev–Trinajstić information content (AvgIpc) is 2.46. The summed E-state index contributed by atoms with van der Waals surface area (Å²) in [4.78, 5) is 1.93. The van der Waals surface area contributed by atoms with E-state index < -0.39 is 5.82 Å². The molecule has 5 heteroatoms. The molecule has 0 saturated carbocycles. The number of rotatable bonds is 4. The van der Waals surface area contributed by atoms with Gasteiger partial charge in [-0.1, -0.05) is 29.8 Å². The van der Waals surface area contributed by atoms with Crippen LogP contribution in [0.4, 0.5) is 10.1 Å². The molecule has 0 saturated heterocycles. The molecule has 0 aliphatic heterocycles. The first-order chi connectivity index (χ1) is 9.91. The number of amidine groups is 1. The molecule has 0 bridgehead atoms. The Balaban J connectivity index is 2.43. The van der Waals surface area contributed by atoms with Gasteiger partial charge in [-0.3, -0.25) is 5.41 Å². The van der Waals surface area contributed by atoms with Crippen LogP contribution in [0, 0.1) is 11.2 Å². The summed E-state index contributed by atoms with van der Waals surface area (Å²) in [7, 11) is 1.87. The van der Waals surface area contributed by atoms with Crippen molar-refractivity contribution < 1.29 is 4.39 Å². The van der Waals surface area contributed by atoms with E-state index in [2.05, 4.69) is 0 Å². The number of halogens is 2. The van der Waals surface area contributed by atoms with E-state index in [1.807, 2.05) is 43.1 Å². The van der Waals surface area contributed by atoms with E-state index in [-0.39, 0.29) is 11.9 Å². The number of nitrogens with zero attached hydrogens (tertiary/aromatic N) is 1. The van der Waals surface area contributed by atoms with Crippen LogP contribution in [-0.4, -0.2) is 12.9 Å². The van der Waals surface area contributed by atoms with Gasteiger partial charge in [0.2, 0.25) is 0 Å². The highest BCUT2D eigenvalue weighted by molar-refractivity contribution is 6.31. The van der Waals surface area contributed by atoms with Gasteiger partial charge in [0.15, 0.2) is 0 Å². The molecule has 0 aliphatic rings. The van der Waals surface area contributed by atoms with Gasteiger partial charge in [0, 0.05) is 23.3 Å². The van der Waals surface area contributed by atoms with Crippen LogP contribution in [0.2, 0.25) is 5.02 Å². The van der Waals surface area contributed by atoms with Crippen molar-refractivity contribution in [1.29, 1.82) is 5.41 Å². The molecule has 0 aliphatic carbocycles. The molecule has 1 unspecified atom stereocenters. The number of nitrogen functional groups attached to an aromatic ring is 1. The largest absolute Gasteiger partial charge is 0.384 e. The fourth-order valence-corrected chi connectivity index (χ4v) is 2.56. The molecule has 3 N–H and O–H groups in total. The highest BCUT2D eigenvalue weighted by Crippen LogP contribution is 2.31. The van der Waals surface area contributed by atoms with E-state index in [1.165, 1.54) is 12.1 Å². The molecule has 1 atom stereocenters. The molecule has 2 aromatic rings. The minimum Gasteiger partial charge on any atom is -0.384 e. The number of nitrogens with two attached hydrogens (primary N) is 1. The second-order valence-corrected chi connectivity index (χ2v) is 5.29. The van der Waals surface area contributed by atoms with Gasteiger partial charge in [-0.05, 0) is 36.8 Å². The topological polar surface area (TPSA) is 53.1 Å². The number of nitrogens with one attached hydrogen (secondary N) is 1. The van der Waals surface area contributed by atoms with Crippen molar-refractivity contribution in [3.8, 4) is 0 Å². The van der Waals surface area contributed by atoms with Gasteiger partial charge in [0.1, 0.15) is 11.7 Å². The Morgan fingerprint density at radius 1 is 1.29 bits per heavy atom. The third-order valence-corrected chi connectivity index (χ3v) is 3.91. The molecule has 21 heavy (non-hydrogen) atoms. The van der Waals surface area contributed by atoms with Crippen LogP contribution in [0.5, 0.6) is 0 Å². The molecule has 2 aromatic carbocycles. The van der Waals surface area contributed by atoms with Gasteiger partial charge < -0.3 is 10.6 Å². The summed E-state index contributed by atoms with van der Waals surface area (Å²) in [5, 5.41) is 8.28. The Labute approximate surface area is 128 Å². The van der Waals surface area contributed by atoms with Crippen LogP contribution in [0.1, 0.15) is 24.1 Å². The average molecular weight is 306 g/mol. The second kappa shape index (κ2) is 6.14. The molecule has 0 fully saturated rings. The van der Waals surface area contributed by atoms with Gasteiger partial charge in [-0.2, -0.15) is 0 Å². The molecule has 0 radical (unpaired) electrons. The molecule has 0 heterocycles. The first-order valence-electron chi connectivity index (χ1n) is 6.53. The quantitative estimate of drug-likeness (QED) is 0.663. The van der Waals surface area contributed by atoms with Gasteiger partial charge in [-0.15, -0.1) is 0 Å². The molecule has 0 aromatic heterocycles. The van der Waals surface area contributed by atoms with Crippen LogP contribution < -0.4 is 10.6 Å². The maximum atomic E-state index is 13.4. The highest BCUT2D eigenvalue weighted by atomic mass is 35.5. The summed E-state index contributed by atoms with van der Waals surface area (Å²) in [6.45, 7) is 1.99. The number of hydrogen-bond donors (Lipinski definition) is 2. The van der Waals surface area contributed by atoms with Gasteiger partial charge >= 0.3 is 0 Å². The lowest BCUT2D eigenvalue weighted by atomic mass is 10.0. The zero-order valence-corrected chi connectivity index (χ0v) is 12.7. The number of anilines is 1. The molecule has 0 amide bonds. The summed E-state index contributed by atoms with van der Waals surface area (Å²) in [6, 6.07) is 11.8. The molecule has 2 rings (SSSR count). The van der Waals surface area contributed by atoms with Crippen molar-refractivity contribution in [3.63, 3.8) is 0 Å². The van der Waals surface area contributed by atoms with Crippen molar-refractivity contribution in [2.75, 3.05) is 11.9 Å². The van der Waals surface area contributed by atoms with Gasteiger partial charge in [0.05, 0.1) is 6.04 Å². The van der Waals surface area contributed by atoms with Crippen molar-refractivity contribution in [1.82, 2.24) is 0 Å². The maximum absolute atomic E-state index is 13.4. The summed E-state index contributed by atoms with van der Waals surface area (Å²) in [6.07, 6.45) is 0. The highest BCUT2D eigenvalue weighted by Gasteiger charge is 2.18. The van der Waals surface area contributed by atoms with Gasteiger partial charge in [-0.25, -0.2) is 4.39 Å². The van der Waals surface area contributed by atoms with Crippen molar-refractivity contribution in [3.05, 3.63) is 64.4 Å². The summed E-state index contributed by atoms with van der Waals surface area (Å²) in [5.74, 6) is -0.578. The fraction of sp³-hybridized carbons (Fsp3) is 0.188. The monoisotopic (exact) mass is 305 g/mol. The van der Waals surface area contributed by atoms with Crippen LogP contribution in [-0.2, 0) is 0 Å². The standard InChI is InChI=1S/C16H17ClFN3/c1-10(12-5-3-4-6-14(12)17)21(2)15-8-7-11(18)9-13(15)16(19)20/h3-10H,1-2H3,(H3,19,20). The lowest BCUT2D eigenvalue weighted by Crippen LogP contribution is -2.25. The van der Waals surface area contributed by atoms with Crippen LogP contribution in [0.15, 0.2) is 42.5 Å². The van der Waals surface area contributed by atoms with Crippen molar-refractivity contribution in [2.45, 2.75) is 13.0 Å². The van der Waals surface area contributed by atoms with E-state index in [4.69, 9.17) is 22.7 Å².